The molecule has 3 rings (SSSR count). The molecule has 0 atom stereocenters. The first-order valence-corrected chi connectivity index (χ1v) is 6.18. The SMILES string of the molecule is CN(c1ncc(C#N)c2ccsc12)C1CC1. The summed E-state index contributed by atoms with van der Waals surface area (Å²) in [5.74, 6) is 1.02. The largest absolute Gasteiger partial charge is 0.356 e. The molecule has 0 aliphatic heterocycles. The summed E-state index contributed by atoms with van der Waals surface area (Å²) in [5.41, 5.74) is 0.671. The van der Waals surface area contributed by atoms with Crippen LogP contribution in [-0.2, 0) is 0 Å². The van der Waals surface area contributed by atoms with Crippen molar-refractivity contribution >= 4 is 27.2 Å². The molecule has 0 saturated heterocycles. The summed E-state index contributed by atoms with van der Waals surface area (Å²) < 4.78 is 1.13. The second-order valence-corrected chi connectivity index (χ2v) is 5.03. The van der Waals surface area contributed by atoms with Gasteiger partial charge in [0.15, 0.2) is 0 Å². The molecule has 2 heterocycles. The number of aromatic nitrogens is 1. The minimum Gasteiger partial charge on any atom is -0.356 e. The zero-order valence-corrected chi connectivity index (χ0v) is 9.79. The van der Waals surface area contributed by atoms with Crippen LogP contribution in [-0.4, -0.2) is 18.1 Å². The van der Waals surface area contributed by atoms with Gasteiger partial charge < -0.3 is 4.90 Å². The van der Waals surface area contributed by atoms with Crippen LogP contribution in [0.4, 0.5) is 5.82 Å². The van der Waals surface area contributed by atoms with Crippen molar-refractivity contribution in [1.29, 1.82) is 5.26 Å². The van der Waals surface area contributed by atoms with Crippen LogP contribution >= 0.6 is 11.3 Å². The van der Waals surface area contributed by atoms with Crippen molar-refractivity contribution in [3.05, 3.63) is 23.2 Å². The number of anilines is 1. The predicted octanol–water partition coefficient (Wildman–Crippen LogP) is 2.77. The van der Waals surface area contributed by atoms with Crippen LogP contribution in [0.3, 0.4) is 0 Å². The lowest BCUT2D eigenvalue weighted by Crippen LogP contribution is -2.20. The zero-order chi connectivity index (χ0) is 11.1. The van der Waals surface area contributed by atoms with Gasteiger partial charge in [-0.1, -0.05) is 0 Å². The van der Waals surface area contributed by atoms with Gasteiger partial charge in [0.05, 0.1) is 10.3 Å². The maximum Gasteiger partial charge on any atom is 0.146 e. The summed E-state index contributed by atoms with van der Waals surface area (Å²) in [7, 11) is 2.09. The van der Waals surface area contributed by atoms with Gasteiger partial charge in [0.25, 0.3) is 0 Å². The molecule has 1 aliphatic rings. The van der Waals surface area contributed by atoms with Crippen LogP contribution in [0.2, 0.25) is 0 Å². The molecule has 80 valence electrons. The van der Waals surface area contributed by atoms with Crippen LogP contribution in [0, 0.1) is 11.3 Å². The average molecular weight is 229 g/mol. The third-order valence-corrected chi connectivity index (χ3v) is 3.93. The van der Waals surface area contributed by atoms with E-state index in [0.717, 1.165) is 15.9 Å². The zero-order valence-electron chi connectivity index (χ0n) is 8.97. The third kappa shape index (κ3) is 1.36. The molecule has 0 amide bonds. The molecular weight excluding hydrogens is 218 g/mol. The van der Waals surface area contributed by atoms with Gasteiger partial charge >= 0.3 is 0 Å². The van der Waals surface area contributed by atoms with Gasteiger partial charge in [-0.15, -0.1) is 11.3 Å². The summed E-state index contributed by atoms with van der Waals surface area (Å²) in [6.45, 7) is 0. The van der Waals surface area contributed by atoms with Crippen LogP contribution in [0.1, 0.15) is 18.4 Å². The monoisotopic (exact) mass is 229 g/mol. The smallest absolute Gasteiger partial charge is 0.146 e. The maximum atomic E-state index is 9.01. The van der Waals surface area contributed by atoms with Gasteiger partial charge in [-0.25, -0.2) is 4.98 Å². The number of pyridine rings is 1. The molecule has 1 aliphatic carbocycles. The van der Waals surface area contributed by atoms with Crippen LogP contribution < -0.4 is 4.90 Å². The highest BCUT2D eigenvalue weighted by Crippen LogP contribution is 2.36. The van der Waals surface area contributed by atoms with Gasteiger partial charge in [0.1, 0.15) is 11.9 Å². The molecule has 0 spiro atoms. The molecule has 2 aromatic heterocycles. The van der Waals surface area contributed by atoms with Crippen LogP contribution in [0.5, 0.6) is 0 Å². The molecule has 0 aromatic carbocycles. The summed E-state index contributed by atoms with van der Waals surface area (Å²) >= 11 is 1.66. The van der Waals surface area contributed by atoms with Crippen molar-refractivity contribution < 1.29 is 0 Å². The number of thiophene rings is 1. The van der Waals surface area contributed by atoms with E-state index in [2.05, 4.69) is 23.0 Å². The molecule has 0 N–H and O–H groups in total. The number of rotatable bonds is 2. The second-order valence-electron chi connectivity index (χ2n) is 4.11. The van der Waals surface area contributed by atoms with Gasteiger partial charge in [-0.05, 0) is 24.3 Å². The molecule has 0 radical (unpaired) electrons. The first-order valence-electron chi connectivity index (χ1n) is 5.30. The number of nitrogens with zero attached hydrogens (tertiary/aromatic N) is 3. The van der Waals surface area contributed by atoms with Crippen molar-refractivity contribution in [2.75, 3.05) is 11.9 Å². The Bertz CT molecular complexity index is 577. The van der Waals surface area contributed by atoms with Crippen molar-refractivity contribution in [3.8, 4) is 6.07 Å². The van der Waals surface area contributed by atoms with Crippen LogP contribution in [0.15, 0.2) is 17.6 Å². The Balaban J connectivity index is 2.19. The number of nitriles is 1. The van der Waals surface area contributed by atoms with Crippen molar-refractivity contribution in [1.82, 2.24) is 4.98 Å². The van der Waals surface area contributed by atoms with Gasteiger partial charge in [0.2, 0.25) is 0 Å². The van der Waals surface area contributed by atoms with Crippen molar-refractivity contribution in [2.45, 2.75) is 18.9 Å². The summed E-state index contributed by atoms with van der Waals surface area (Å²) in [6.07, 6.45) is 4.19. The van der Waals surface area contributed by atoms with E-state index >= 15 is 0 Å². The predicted molar refractivity (Wildman–Crippen MR) is 65.8 cm³/mol. The molecular formula is C12H11N3S. The fraction of sp³-hybridized carbons (Fsp3) is 0.333. The van der Waals surface area contributed by atoms with E-state index < -0.39 is 0 Å². The minimum atomic E-state index is 0.644. The van der Waals surface area contributed by atoms with E-state index in [-0.39, 0.29) is 0 Å². The molecule has 0 unspecified atom stereocenters. The van der Waals surface area contributed by atoms with E-state index in [4.69, 9.17) is 5.26 Å². The lowest BCUT2D eigenvalue weighted by atomic mass is 10.2. The van der Waals surface area contributed by atoms with Gasteiger partial charge in [-0.2, -0.15) is 5.26 Å². The maximum absolute atomic E-state index is 9.01. The first kappa shape index (κ1) is 9.61. The lowest BCUT2D eigenvalue weighted by Gasteiger charge is -2.18. The fourth-order valence-electron chi connectivity index (χ4n) is 1.92. The quantitative estimate of drug-likeness (QED) is 0.795. The Morgan fingerprint density at radius 1 is 1.56 bits per heavy atom. The Morgan fingerprint density at radius 2 is 2.38 bits per heavy atom. The van der Waals surface area contributed by atoms with Gasteiger partial charge in [0, 0.05) is 24.7 Å². The highest BCUT2D eigenvalue weighted by molar-refractivity contribution is 7.17. The number of hydrogen-bond donors (Lipinski definition) is 0. The Labute approximate surface area is 97.9 Å². The molecule has 2 aromatic rings. The molecule has 4 heteroatoms. The second kappa shape index (κ2) is 3.46. The molecule has 3 nitrogen and oxygen atoms in total. The Morgan fingerprint density at radius 3 is 3.06 bits per heavy atom. The van der Waals surface area contributed by atoms with E-state index in [1.165, 1.54) is 12.8 Å². The molecule has 1 fully saturated rings. The average Bonchev–Trinajstić information content (AvgIpc) is 3.04. The summed E-state index contributed by atoms with van der Waals surface area (Å²) in [6, 6.07) is 4.84. The molecule has 16 heavy (non-hydrogen) atoms. The minimum absolute atomic E-state index is 0.644. The van der Waals surface area contributed by atoms with E-state index in [1.807, 2.05) is 11.4 Å². The van der Waals surface area contributed by atoms with Crippen molar-refractivity contribution in [2.24, 2.45) is 0 Å². The van der Waals surface area contributed by atoms with Gasteiger partial charge in [-0.3, -0.25) is 0 Å². The summed E-state index contributed by atoms with van der Waals surface area (Å²) in [5, 5.41) is 12.1. The number of hydrogen-bond acceptors (Lipinski definition) is 4. The third-order valence-electron chi connectivity index (χ3n) is 3.02. The van der Waals surface area contributed by atoms with E-state index in [1.54, 1.807) is 17.5 Å². The Hall–Kier alpha value is -1.60. The lowest BCUT2D eigenvalue weighted by molar-refractivity contribution is 0.900. The highest BCUT2D eigenvalue weighted by atomic mass is 32.1. The Kier molecular flexibility index (Phi) is 2.08. The first-order chi connectivity index (χ1) is 7.81. The standard InChI is InChI=1S/C12H11N3S/c1-15(9-2-3-9)12-11-10(4-5-16-11)8(6-13)7-14-12/h4-5,7,9H,2-3H2,1H3. The summed E-state index contributed by atoms with van der Waals surface area (Å²) in [4.78, 5) is 6.66. The topological polar surface area (TPSA) is 39.9 Å². The normalized spacial score (nSPS) is 15.0. The molecule has 0 bridgehead atoms. The van der Waals surface area contributed by atoms with Crippen LogP contribution in [0.25, 0.3) is 10.1 Å². The highest BCUT2D eigenvalue weighted by Gasteiger charge is 2.28. The number of fused-ring (bicyclic) bond motifs is 1. The van der Waals surface area contributed by atoms with Crippen molar-refractivity contribution in [3.63, 3.8) is 0 Å². The van der Waals surface area contributed by atoms with E-state index in [0.29, 0.717) is 11.6 Å². The fourth-order valence-corrected chi connectivity index (χ4v) is 2.87. The van der Waals surface area contributed by atoms with E-state index in [9.17, 15) is 0 Å². The molecule has 1 saturated carbocycles.